The van der Waals surface area contributed by atoms with Crippen LogP contribution in [-0.4, -0.2) is 13.1 Å². The zero-order valence-corrected chi connectivity index (χ0v) is 12.6. The maximum Gasteiger partial charge on any atom is 0.00227 e. The highest BCUT2D eigenvalue weighted by Crippen LogP contribution is 2.35. The summed E-state index contributed by atoms with van der Waals surface area (Å²) in [6, 6.07) is 9.24. The number of hydrogen-bond donors (Lipinski definition) is 1. The molecule has 1 aromatic carbocycles. The molecule has 0 saturated heterocycles. The van der Waals surface area contributed by atoms with E-state index in [-0.39, 0.29) is 0 Å². The Morgan fingerprint density at radius 2 is 1.68 bits per heavy atom. The highest BCUT2D eigenvalue weighted by atomic mass is 14.8. The Balaban J connectivity index is 2.11. The maximum atomic E-state index is 3.58. The van der Waals surface area contributed by atoms with Gasteiger partial charge in [-0.25, -0.2) is 0 Å². The van der Waals surface area contributed by atoms with Gasteiger partial charge >= 0.3 is 0 Å². The summed E-state index contributed by atoms with van der Waals surface area (Å²) in [4.78, 5) is 0. The molecule has 0 spiro atoms. The molecule has 1 N–H and O–H groups in total. The van der Waals surface area contributed by atoms with Crippen LogP contribution in [0.25, 0.3) is 0 Å². The normalized spacial score (nSPS) is 19.1. The van der Waals surface area contributed by atoms with Crippen LogP contribution in [0, 0.1) is 12.8 Å². The second kappa shape index (κ2) is 7.69. The van der Waals surface area contributed by atoms with Crippen molar-refractivity contribution < 1.29 is 0 Å². The third-order valence-corrected chi connectivity index (χ3v) is 4.59. The van der Waals surface area contributed by atoms with Crippen LogP contribution in [0.2, 0.25) is 0 Å². The minimum Gasteiger partial charge on any atom is -0.316 e. The van der Waals surface area contributed by atoms with Crippen molar-refractivity contribution in [3.05, 3.63) is 35.4 Å². The van der Waals surface area contributed by atoms with Crippen molar-refractivity contribution in [3.8, 4) is 0 Å². The van der Waals surface area contributed by atoms with Crippen LogP contribution in [0.5, 0.6) is 0 Å². The van der Waals surface area contributed by atoms with Crippen LogP contribution >= 0.6 is 0 Å². The third-order valence-electron chi connectivity index (χ3n) is 4.59. The van der Waals surface area contributed by atoms with Gasteiger partial charge in [-0.2, -0.15) is 0 Å². The van der Waals surface area contributed by atoms with E-state index in [1.807, 2.05) is 0 Å². The lowest BCUT2D eigenvalue weighted by molar-refractivity contribution is 0.363. The molecule has 0 aromatic heterocycles. The molecule has 0 radical (unpaired) electrons. The van der Waals surface area contributed by atoms with Gasteiger partial charge in [-0.1, -0.05) is 62.4 Å². The molecular weight excluding hydrogens is 230 g/mol. The molecule has 1 saturated carbocycles. The van der Waals surface area contributed by atoms with Gasteiger partial charge in [0.05, 0.1) is 0 Å². The minimum atomic E-state index is 0.707. The van der Waals surface area contributed by atoms with Crippen molar-refractivity contribution in [1.82, 2.24) is 5.32 Å². The van der Waals surface area contributed by atoms with Gasteiger partial charge in [0.25, 0.3) is 0 Å². The van der Waals surface area contributed by atoms with Crippen LogP contribution < -0.4 is 5.32 Å². The van der Waals surface area contributed by atoms with Crippen molar-refractivity contribution >= 4 is 0 Å². The summed E-state index contributed by atoms with van der Waals surface area (Å²) in [5.41, 5.74) is 2.91. The van der Waals surface area contributed by atoms with Crippen molar-refractivity contribution in [3.63, 3.8) is 0 Å². The fourth-order valence-corrected chi connectivity index (χ4v) is 3.38. The van der Waals surface area contributed by atoms with E-state index < -0.39 is 0 Å². The van der Waals surface area contributed by atoms with Crippen LogP contribution in [0.3, 0.4) is 0 Å². The monoisotopic (exact) mass is 259 g/mol. The fraction of sp³-hybridized carbons (Fsp3) is 0.667. The lowest BCUT2D eigenvalue weighted by Gasteiger charge is -2.27. The van der Waals surface area contributed by atoms with Crippen LogP contribution in [-0.2, 0) is 0 Å². The largest absolute Gasteiger partial charge is 0.316 e. The predicted molar refractivity (Wildman–Crippen MR) is 83.7 cm³/mol. The fourth-order valence-electron chi connectivity index (χ4n) is 3.38. The summed E-state index contributed by atoms with van der Waals surface area (Å²) in [7, 11) is 0. The van der Waals surface area contributed by atoms with Gasteiger partial charge in [-0.3, -0.25) is 0 Å². The Kier molecular flexibility index (Phi) is 5.91. The molecule has 106 valence electrons. The highest BCUT2D eigenvalue weighted by Gasteiger charge is 2.23. The van der Waals surface area contributed by atoms with E-state index in [2.05, 4.69) is 43.4 Å². The predicted octanol–water partition coefficient (Wildman–Crippen LogP) is 4.66. The lowest BCUT2D eigenvalue weighted by atomic mass is 9.81. The van der Waals surface area contributed by atoms with Gasteiger partial charge in [-0.05, 0) is 43.7 Å². The van der Waals surface area contributed by atoms with E-state index in [1.54, 1.807) is 5.56 Å². The van der Waals surface area contributed by atoms with Crippen LogP contribution in [0.1, 0.15) is 62.5 Å². The molecule has 1 aliphatic carbocycles. The smallest absolute Gasteiger partial charge is 0.00227 e. The second-order valence-electron chi connectivity index (χ2n) is 6.08. The second-order valence-corrected chi connectivity index (χ2v) is 6.08. The molecule has 1 atom stereocenters. The molecule has 1 aliphatic rings. The van der Waals surface area contributed by atoms with E-state index in [0.29, 0.717) is 5.92 Å². The average molecular weight is 259 g/mol. The molecule has 1 aromatic rings. The zero-order chi connectivity index (χ0) is 13.5. The minimum absolute atomic E-state index is 0.707. The maximum absolute atomic E-state index is 3.58. The Labute approximate surface area is 118 Å². The first kappa shape index (κ1) is 14.6. The van der Waals surface area contributed by atoms with Crippen molar-refractivity contribution in [2.75, 3.05) is 13.1 Å². The molecule has 1 fully saturated rings. The van der Waals surface area contributed by atoms with Crippen LogP contribution in [0.15, 0.2) is 24.3 Å². The van der Waals surface area contributed by atoms with Crippen molar-refractivity contribution in [1.29, 1.82) is 0 Å². The van der Waals surface area contributed by atoms with Gasteiger partial charge in [0, 0.05) is 6.54 Å². The van der Waals surface area contributed by atoms with Crippen LogP contribution in [0.4, 0.5) is 0 Å². The summed E-state index contributed by atoms with van der Waals surface area (Å²) < 4.78 is 0. The highest BCUT2D eigenvalue weighted by molar-refractivity contribution is 5.25. The molecule has 19 heavy (non-hydrogen) atoms. The van der Waals surface area contributed by atoms with Gasteiger partial charge in [0.1, 0.15) is 0 Å². The first-order chi connectivity index (χ1) is 9.31. The summed E-state index contributed by atoms with van der Waals surface area (Å²) in [6.07, 6.45) is 8.59. The molecule has 1 heteroatoms. The lowest BCUT2D eigenvalue weighted by Crippen LogP contribution is -2.26. The Morgan fingerprint density at radius 1 is 1.05 bits per heavy atom. The van der Waals surface area contributed by atoms with E-state index >= 15 is 0 Å². The van der Waals surface area contributed by atoms with Crippen molar-refractivity contribution in [2.24, 2.45) is 5.92 Å². The molecule has 1 unspecified atom stereocenters. The molecule has 0 aliphatic heterocycles. The molecule has 1 nitrogen and oxygen atoms in total. The third kappa shape index (κ3) is 4.35. The molecule has 0 amide bonds. The molecular formula is C18H29N. The quantitative estimate of drug-likeness (QED) is 0.758. The van der Waals surface area contributed by atoms with Gasteiger partial charge in [-0.15, -0.1) is 0 Å². The average Bonchev–Trinajstić information content (AvgIpc) is 2.70. The zero-order valence-electron chi connectivity index (χ0n) is 12.6. The summed E-state index contributed by atoms with van der Waals surface area (Å²) >= 11 is 0. The van der Waals surface area contributed by atoms with E-state index in [1.165, 1.54) is 44.1 Å². The Morgan fingerprint density at radius 3 is 2.26 bits per heavy atom. The summed E-state index contributed by atoms with van der Waals surface area (Å²) in [6.45, 7) is 6.60. The van der Waals surface area contributed by atoms with Gasteiger partial charge < -0.3 is 5.32 Å². The molecule has 2 rings (SSSR count). The van der Waals surface area contributed by atoms with E-state index in [9.17, 15) is 0 Å². The number of hydrogen-bond acceptors (Lipinski definition) is 1. The number of aryl methyl sites for hydroxylation is 1. The standard InChI is InChI=1S/C18H29N/c1-3-19-14-18(16-8-6-4-5-7-9-16)17-12-10-15(2)11-13-17/h10-13,16,18-19H,3-9,14H2,1-2H3. The number of benzene rings is 1. The first-order valence-corrected chi connectivity index (χ1v) is 8.08. The van der Waals surface area contributed by atoms with E-state index in [0.717, 1.165) is 19.0 Å². The van der Waals surface area contributed by atoms with Crippen molar-refractivity contribution in [2.45, 2.75) is 58.3 Å². The SMILES string of the molecule is CCNCC(c1ccc(C)cc1)C1CCCCCC1. The topological polar surface area (TPSA) is 12.0 Å². The number of rotatable bonds is 5. The number of nitrogens with one attached hydrogen (secondary N) is 1. The van der Waals surface area contributed by atoms with E-state index in [4.69, 9.17) is 0 Å². The van der Waals surface area contributed by atoms with Gasteiger partial charge in [0.2, 0.25) is 0 Å². The van der Waals surface area contributed by atoms with Gasteiger partial charge in [0.15, 0.2) is 0 Å². The Bertz CT molecular complexity index is 346. The summed E-state index contributed by atoms with van der Waals surface area (Å²) in [5.74, 6) is 1.59. The first-order valence-electron chi connectivity index (χ1n) is 8.08. The molecule has 0 heterocycles. The Hall–Kier alpha value is -0.820. The molecule has 0 bridgehead atoms. The summed E-state index contributed by atoms with van der Waals surface area (Å²) in [5, 5.41) is 3.58. The number of likely N-dealkylation sites (N-methyl/N-ethyl adjacent to an activating group) is 1.